The maximum atomic E-state index is 6.32. The molecule has 4 heteroatoms. The third-order valence-electron chi connectivity index (χ3n) is 3.29. The van der Waals surface area contributed by atoms with Gasteiger partial charge in [-0.05, 0) is 51.3 Å². The molecular formula is C16H12BrClN2. The van der Waals surface area contributed by atoms with Crippen molar-refractivity contribution < 1.29 is 0 Å². The highest BCUT2D eigenvalue weighted by atomic mass is 79.9. The molecule has 2 N–H and O–H groups in total. The number of pyridine rings is 1. The van der Waals surface area contributed by atoms with Gasteiger partial charge in [0.15, 0.2) is 0 Å². The van der Waals surface area contributed by atoms with Gasteiger partial charge in [0.2, 0.25) is 0 Å². The Bertz CT molecular complexity index is 773. The molecule has 1 unspecified atom stereocenters. The Hall–Kier alpha value is -1.42. The van der Waals surface area contributed by atoms with Crippen LogP contribution in [0, 0.1) is 0 Å². The topological polar surface area (TPSA) is 38.9 Å². The summed E-state index contributed by atoms with van der Waals surface area (Å²) in [5.41, 5.74) is 9.28. The van der Waals surface area contributed by atoms with E-state index in [1.165, 1.54) is 0 Å². The van der Waals surface area contributed by atoms with Gasteiger partial charge in [-0.25, -0.2) is 0 Å². The maximum absolute atomic E-state index is 6.32. The molecule has 2 nitrogen and oxygen atoms in total. The molecule has 1 atom stereocenters. The second-order valence-electron chi connectivity index (χ2n) is 4.61. The molecule has 2 aromatic carbocycles. The van der Waals surface area contributed by atoms with Crippen LogP contribution in [0.2, 0.25) is 5.02 Å². The molecule has 0 aliphatic carbocycles. The number of fused-ring (bicyclic) bond motifs is 1. The summed E-state index contributed by atoms with van der Waals surface area (Å²) >= 11 is 9.51. The van der Waals surface area contributed by atoms with E-state index in [1.807, 2.05) is 48.5 Å². The van der Waals surface area contributed by atoms with Crippen molar-refractivity contribution in [2.45, 2.75) is 6.04 Å². The lowest BCUT2D eigenvalue weighted by Gasteiger charge is -2.14. The van der Waals surface area contributed by atoms with Gasteiger partial charge in [-0.3, -0.25) is 4.98 Å². The average Bonchev–Trinajstić information content (AvgIpc) is 2.49. The van der Waals surface area contributed by atoms with Crippen LogP contribution in [0.25, 0.3) is 10.9 Å². The van der Waals surface area contributed by atoms with Crippen LogP contribution in [-0.2, 0) is 0 Å². The first-order valence-electron chi connectivity index (χ1n) is 6.20. The van der Waals surface area contributed by atoms with Gasteiger partial charge in [0.25, 0.3) is 0 Å². The van der Waals surface area contributed by atoms with E-state index in [9.17, 15) is 0 Å². The van der Waals surface area contributed by atoms with Gasteiger partial charge in [0.1, 0.15) is 0 Å². The number of hydrogen-bond donors (Lipinski definition) is 1. The van der Waals surface area contributed by atoms with E-state index in [0.717, 1.165) is 26.5 Å². The molecule has 1 heterocycles. The second-order valence-corrected chi connectivity index (χ2v) is 5.87. The smallest absolute Gasteiger partial charge is 0.0705 e. The van der Waals surface area contributed by atoms with Gasteiger partial charge < -0.3 is 5.73 Å². The van der Waals surface area contributed by atoms with Gasteiger partial charge in [-0.1, -0.05) is 35.9 Å². The van der Waals surface area contributed by atoms with Crippen molar-refractivity contribution in [2.24, 2.45) is 5.73 Å². The van der Waals surface area contributed by atoms with E-state index >= 15 is 0 Å². The minimum Gasteiger partial charge on any atom is -0.320 e. The van der Waals surface area contributed by atoms with Crippen molar-refractivity contribution in [1.82, 2.24) is 4.98 Å². The first kappa shape index (κ1) is 13.6. The summed E-state index contributed by atoms with van der Waals surface area (Å²) < 4.78 is 0.871. The van der Waals surface area contributed by atoms with E-state index in [1.54, 1.807) is 6.20 Å². The van der Waals surface area contributed by atoms with Gasteiger partial charge in [0.05, 0.1) is 16.6 Å². The molecule has 0 radical (unpaired) electrons. The summed E-state index contributed by atoms with van der Waals surface area (Å²) in [5.74, 6) is 0. The maximum Gasteiger partial charge on any atom is 0.0705 e. The van der Waals surface area contributed by atoms with Crippen LogP contribution >= 0.6 is 27.5 Å². The third-order valence-corrected chi connectivity index (χ3v) is 4.52. The zero-order chi connectivity index (χ0) is 14.1. The summed E-state index contributed by atoms with van der Waals surface area (Å²) in [7, 11) is 0. The van der Waals surface area contributed by atoms with Crippen molar-refractivity contribution in [3.63, 3.8) is 0 Å². The third kappa shape index (κ3) is 2.57. The first-order valence-corrected chi connectivity index (χ1v) is 7.37. The zero-order valence-electron chi connectivity index (χ0n) is 10.6. The van der Waals surface area contributed by atoms with E-state index in [2.05, 4.69) is 20.9 Å². The number of rotatable bonds is 2. The summed E-state index contributed by atoms with van der Waals surface area (Å²) in [6.45, 7) is 0. The summed E-state index contributed by atoms with van der Waals surface area (Å²) in [5, 5.41) is 1.77. The molecule has 100 valence electrons. The predicted octanol–water partition coefficient (Wildman–Crippen LogP) is 4.70. The lowest BCUT2D eigenvalue weighted by atomic mass is 9.98. The molecule has 1 aromatic heterocycles. The highest BCUT2D eigenvalue weighted by Crippen LogP contribution is 2.28. The Morgan fingerprint density at radius 1 is 1.05 bits per heavy atom. The molecular weight excluding hydrogens is 336 g/mol. The molecule has 0 fully saturated rings. The average molecular weight is 348 g/mol. The van der Waals surface area contributed by atoms with Crippen LogP contribution in [0.15, 0.2) is 59.2 Å². The fourth-order valence-corrected chi connectivity index (χ4v) is 2.61. The van der Waals surface area contributed by atoms with Crippen molar-refractivity contribution in [3.8, 4) is 0 Å². The highest BCUT2D eigenvalue weighted by molar-refractivity contribution is 9.10. The van der Waals surface area contributed by atoms with E-state index in [4.69, 9.17) is 17.3 Å². The van der Waals surface area contributed by atoms with Crippen molar-refractivity contribution in [2.75, 3.05) is 0 Å². The molecule has 0 saturated carbocycles. The lowest BCUT2D eigenvalue weighted by Crippen LogP contribution is -2.11. The number of aromatic nitrogens is 1. The number of halogens is 2. The summed E-state index contributed by atoms with van der Waals surface area (Å²) in [6.07, 6.45) is 1.79. The highest BCUT2D eigenvalue weighted by Gasteiger charge is 2.11. The van der Waals surface area contributed by atoms with E-state index in [0.29, 0.717) is 5.02 Å². The Labute approximate surface area is 130 Å². The Kier molecular flexibility index (Phi) is 3.74. The van der Waals surface area contributed by atoms with Crippen LogP contribution in [0.4, 0.5) is 0 Å². The van der Waals surface area contributed by atoms with Crippen molar-refractivity contribution in [1.29, 1.82) is 0 Å². The fraction of sp³-hybridized carbons (Fsp3) is 0.0625. The Morgan fingerprint density at radius 3 is 2.60 bits per heavy atom. The predicted molar refractivity (Wildman–Crippen MR) is 86.9 cm³/mol. The quantitative estimate of drug-likeness (QED) is 0.730. The standard InChI is InChI=1S/C16H12BrClN2/c17-13-6-5-11(8-14(13)18)16(19)12-4-3-10-2-1-7-20-15(10)9-12/h1-9,16H,19H2. The van der Waals surface area contributed by atoms with Crippen LogP contribution in [-0.4, -0.2) is 4.98 Å². The molecule has 0 amide bonds. The largest absolute Gasteiger partial charge is 0.320 e. The van der Waals surface area contributed by atoms with Crippen LogP contribution < -0.4 is 5.73 Å². The van der Waals surface area contributed by atoms with E-state index in [-0.39, 0.29) is 6.04 Å². The van der Waals surface area contributed by atoms with E-state index < -0.39 is 0 Å². The monoisotopic (exact) mass is 346 g/mol. The molecule has 0 saturated heterocycles. The fourth-order valence-electron chi connectivity index (χ4n) is 2.18. The normalized spacial score (nSPS) is 12.6. The second kappa shape index (κ2) is 5.52. The molecule has 3 aromatic rings. The minimum atomic E-state index is -0.216. The SMILES string of the molecule is NC(c1ccc(Br)c(Cl)c1)c1ccc2cccnc2c1. The molecule has 3 rings (SSSR count). The van der Waals surface area contributed by atoms with Gasteiger partial charge in [0, 0.05) is 16.1 Å². The van der Waals surface area contributed by atoms with Crippen LogP contribution in [0.1, 0.15) is 17.2 Å². The lowest BCUT2D eigenvalue weighted by molar-refractivity contribution is 0.872. The summed E-state index contributed by atoms with van der Waals surface area (Å²) in [6, 6.07) is 15.6. The van der Waals surface area contributed by atoms with Crippen LogP contribution in [0.3, 0.4) is 0 Å². The number of nitrogens with two attached hydrogens (primary N) is 1. The van der Waals surface area contributed by atoms with Crippen molar-refractivity contribution >= 4 is 38.4 Å². The molecule has 20 heavy (non-hydrogen) atoms. The number of hydrogen-bond acceptors (Lipinski definition) is 2. The van der Waals surface area contributed by atoms with Crippen molar-refractivity contribution in [3.05, 3.63) is 75.4 Å². The molecule has 0 aliphatic heterocycles. The number of nitrogens with zero attached hydrogens (tertiary/aromatic N) is 1. The Balaban J connectivity index is 2.02. The number of benzene rings is 2. The molecule has 0 aliphatic rings. The summed E-state index contributed by atoms with van der Waals surface area (Å²) in [4.78, 5) is 4.36. The Morgan fingerprint density at radius 2 is 1.80 bits per heavy atom. The molecule has 0 spiro atoms. The van der Waals surface area contributed by atoms with Crippen LogP contribution in [0.5, 0.6) is 0 Å². The van der Waals surface area contributed by atoms with Gasteiger partial charge >= 0.3 is 0 Å². The van der Waals surface area contributed by atoms with Gasteiger partial charge in [-0.2, -0.15) is 0 Å². The minimum absolute atomic E-state index is 0.216. The first-order chi connectivity index (χ1) is 9.65. The zero-order valence-corrected chi connectivity index (χ0v) is 12.9. The van der Waals surface area contributed by atoms with Gasteiger partial charge in [-0.15, -0.1) is 0 Å². The molecule has 0 bridgehead atoms.